The van der Waals surface area contributed by atoms with Crippen molar-refractivity contribution in [2.24, 2.45) is 5.92 Å². The Morgan fingerprint density at radius 3 is 2.79 bits per heavy atom. The number of benzene rings is 1. The van der Waals surface area contributed by atoms with Gasteiger partial charge >= 0.3 is 5.97 Å². The van der Waals surface area contributed by atoms with Gasteiger partial charge in [-0.1, -0.05) is 11.6 Å². The van der Waals surface area contributed by atoms with Gasteiger partial charge in [-0.3, -0.25) is 14.5 Å². The van der Waals surface area contributed by atoms with Crippen molar-refractivity contribution in [1.82, 2.24) is 30.1 Å². The Labute approximate surface area is 191 Å². The smallest absolute Gasteiger partial charge is 0.309 e. The molecule has 10 nitrogen and oxygen atoms in total. The molecule has 1 aromatic carbocycles. The number of likely N-dealkylation sites (tertiary alicyclic amines) is 1. The molecule has 2 aromatic heterocycles. The highest BCUT2D eigenvalue weighted by atomic mass is 16.5. The standard InChI is InChI=1S/C23H30N6O4/c1-4-33-23(31)16-7-9-28(10-8-16)20(21-25-26-27-29(21)11-12-32-3)18-14-17-13-15(2)5-6-19(17)24-22(18)30/h5-6,13-14,16,20H,4,7-12H2,1-3H3,(H,24,30). The van der Waals surface area contributed by atoms with E-state index in [2.05, 4.69) is 25.4 Å². The van der Waals surface area contributed by atoms with Gasteiger partial charge in [0.15, 0.2) is 5.82 Å². The van der Waals surface area contributed by atoms with Crippen molar-refractivity contribution < 1.29 is 14.3 Å². The summed E-state index contributed by atoms with van der Waals surface area (Å²) in [6.45, 7) is 6.38. The molecule has 1 fully saturated rings. The van der Waals surface area contributed by atoms with Gasteiger partial charge in [0.25, 0.3) is 5.56 Å². The first-order valence-corrected chi connectivity index (χ1v) is 11.3. The van der Waals surface area contributed by atoms with E-state index >= 15 is 0 Å². The molecule has 1 unspecified atom stereocenters. The number of methoxy groups -OCH3 is 1. The summed E-state index contributed by atoms with van der Waals surface area (Å²) in [6, 6.07) is 7.42. The minimum absolute atomic E-state index is 0.135. The zero-order valence-corrected chi connectivity index (χ0v) is 19.3. The van der Waals surface area contributed by atoms with Crippen LogP contribution in [0.3, 0.4) is 0 Å². The lowest BCUT2D eigenvalue weighted by atomic mass is 9.94. The van der Waals surface area contributed by atoms with E-state index in [1.807, 2.05) is 38.1 Å². The number of hydrogen-bond acceptors (Lipinski definition) is 8. The van der Waals surface area contributed by atoms with Crippen molar-refractivity contribution in [3.05, 3.63) is 51.6 Å². The van der Waals surface area contributed by atoms with Crippen LogP contribution in [-0.4, -0.2) is 69.5 Å². The summed E-state index contributed by atoms with van der Waals surface area (Å²) in [5, 5.41) is 13.3. The third-order valence-electron chi connectivity index (χ3n) is 6.15. The predicted molar refractivity (Wildman–Crippen MR) is 122 cm³/mol. The Hall–Kier alpha value is -3.11. The Bertz CT molecular complexity index is 1170. The number of H-pyrrole nitrogens is 1. The van der Waals surface area contributed by atoms with Crippen molar-refractivity contribution in [1.29, 1.82) is 0 Å². The summed E-state index contributed by atoms with van der Waals surface area (Å²) >= 11 is 0. The first kappa shape index (κ1) is 23.1. The van der Waals surface area contributed by atoms with Crippen LogP contribution in [0.2, 0.25) is 0 Å². The summed E-state index contributed by atoms with van der Waals surface area (Å²) in [7, 11) is 1.62. The average molecular weight is 455 g/mol. The van der Waals surface area contributed by atoms with Crippen LogP contribution in [0.5, 0.6) is 0 Å². The molecule has 1 N–H and O–H groups in total. The van der Waals surface area contributed by atoms with E-state index in [0.29, 0.717) is 57.1 Å². The van der Waals surface area contributed by atoms with E-state index < -0.39 is 6.04 Å². The number of carbonyl (C=O) groups excluding carboxylic acids is 1. The fourth-order valence-corrected chi connectivity index (χ4v) is 4.44. The molecule has 0 aliphatic carbocycles. The lowest BCUT2D eigenvalue weighted by Gasteiger charge is -2.36. The van der Waals surface area contributed by atoms with Gasteiger partial charge in [-0.15, -0.1) is 5.10 Å². The molecule has 0 bridgehead atoms. The largest absolute Gasteiger partial charge is 0.466 e. The SMILES string of the molecule is CCOC(=O)C1CCN(C(c2cc3cc(C)ccc3[nH]c2=O)c2nnnn2CCOC)CC1. The van der Waals surface area contributed by atoms with Crippen LogP contribution in [-0.2, 0) is 20.8 Å². The van der Waals surface area contributed by atoms with E-state index in [-0.39, 0.29) is 17.4 Å². The summed E-state index contributed by atoms with van der Waals surface area (Å²) in [5.74, 6) is 0.292. The highest BCUT2D eigenvalue weighted by Gasteiger charge is 2.35. The Balaban J connectivity index is 1.73. The molecule has 1 aliphatic rings. The molecule has 0 saturated carbocycles. The van der Waals surface area contributed by atoms with Gasteiger partial charge in [-0.2, -0.15) is 0 Å². The fourth-order valence-electron chi connectivity index (χ4n) is 4.44. The first-order valence-electron chi connectivity index (χ1n) is 11.3. The number of pyridine rings is 1. The maximum atomic E-state index is 13.2. The summed E-state index contributed by atoms with van der Waals surface area (Å²) in [4.78, 5) is 30.6. The quantitative estimate of drug-likeness (QED) is 0.513. The van der Waals surface area contributed by atoms with Crippen LogP contribution in [0, 0.1) is 12.8 Å². The third-order valence-corrected chi connectivity index (χ3v) is 6.15. The summed E-state index contributed by atoms with van der Waals surface area (Å²) in [5.41, 5.74) is 2.30. The van der Waals surface area contributed by atoms with Crippen molar-refractivity contribution in [2.45, 2.75) is 39.3 Å². The number of piperidine rings is 1. The lowest BCUT2D eigenvalue weighted by molar-refractivity contribution is -0.149. The summed E-state index contributed by atoms with van der Waals surface area (Å²) in [6.07, 6.45) is 1.30. The molecule has 33 heavy (non-hydrogen) atoms. The van der Waals surface area contributed by atoms with Gasteiger partial charge in [-0.25, -0.2) is 4.68 Å². The maximum absolute atomic E-state index is 13.2. The molecule has 1 atom stereocenters. The lowest BCUT2D eigenvalue weighted by Crippen LogP contribution is -2.42. The average Bonchev–Trinajstić information content (AvgIpc) is 3.27. The van der Waals surface area contributed by atoms with E-state index in [0.717, 1.165) is 16.5 Å². The van der Waals surface area contributed by atoms with Crippen molar-refractivity contribution in [2.75, 3.05) is 33.4 Å². The molecule has 1 aliphatic heterocycles. The number of aromatic amines is 1. The van der Waals surface area contributed by atoms with Crippen LogP contribution in [0.15, 0.2) is 29.1 Å². The number of carbonyl (C=O) groups is 1. The Morgan fingerprint density at radius 2 is 2.06 bits per heavy atom. The van der Waals surface area contributed by atoms with Crippen molar-refractivity contribution in [3.63, 3.8) is 0 Å². The molecule has 1 saturated heterocycles. The first-order chi connectivity index (χ1) is 16.0. The number of tetrazole rings is 1. The van der Waals surface area contributed by atoms with Crippen LogP contribution < -0.4 is 5.56 Å². The summed E-state index contributed by atoms with van der Waals surface area (Å²) < 4.78 is 12.1. The van der Waals surface area contributed by atoms with Crippen LogP contribution in [0.4, 0.5) is 0 Å². The zero-order valence-electron chi connectivity index (χ0n) is 19.3. The second-order valence-corrected chi connectivity index (χ2v) is 8.36. The number of rotatable bonds is 8. The molecule has 3 heterocycles. The number of aromatic nitrogens is 5. The zero-order chi connectivity index (χ0) is 23.4. The Kier molecular flexibility index (Phi) is 7.14. The van der Waals surface area contributed by atoms with Gasteiger partial charge in [0, 0.05) is 31.3 Å². The maximum Gasteiger partial charge on any atom is 0.309 e. The van der Waals surface area contributed by atoms with Gasteiger partial charge in [-0.05, 0) is 60.7 Å². The van der Waals surface area contributed by atoms with E-state index in [1.54, 1.807) is 11.8 Å². The molecule has 3 aromatic rings. The highest BCUT2D eigenvalue weighted by Crippen LogP contribution is 2.31. The van der Waals surface area contributed by atoms with Crippen molar-refractivity contribution in [3.8, 4) is 0 Å². The monoisotopic (exact) mass is 454 g/mol. The molecule has 10 heteroatoms. The highest BCUT2D eigenvalue weighted by molar-refractivity contribution is 5.79. The number of ether oxygens (including phenoxy) is 2. The van der Waals surface area contributed by atoms with E-state index in [1.165, 1.54) is 0 Å². The van der Waals surface area contributed by atoms with Gasteiger partial charge in [0.1, 0.15) is 6.04 Å². The fraction of sp³-hybridized carbons (Fsp3) is 0.522. The van der Waals surface area contributed by atoms with E-state index in [4.69, 9.17) is 9.47 Å². The number of nitrogens with zero attached hydrogens (tertiary/aromatic N) is 5. The molecule has 0 amide bonds. The van der Waals surface area contributed by atoms with E-state index in [9.17, 15) is 9.59 Å². The number of aryl methyl sites for hydroxylation is 1. The van der Waals surface area contributed by atoms with Crippen molar-refractivity contribution >= 4 is 16.9 Å². The number of nitrogens with one attached hydrogen (secondary N) is 1. The van der Waals surface area contributed by atoms with Crippen LogP contribution in [0.1, 0.15) is 42.8 Å². The molecule has 176 valence electrons. The second kappa shape index (κ2) is 10.2. The van der Waals surface area contributed by atoms with Gasteiger partial charge in [0.2, 0.25) is 0 Å². The van der Waals surface area contributed by atoms with Crippen LogP contribution >= 0.6 is 0 Å². The molecule has 0 radical (unpaired) electrons. The normalized spacial score (nSPS) is 16.2. The van der Waals surface area contributed by atoms with Gasteiger partial charge in [0.05, 0.1) is 25.7 Å². The third kappa shape index (κ3) is 4.96. The van der Waals surface area contributed by atoms with Crippen LogP contribution in [0.25, 0.3) is 10.9 Å². The number of hydrogen-bond donors (Lipinski definition) is 1. The Morgan fingerprint density at radius 1 is 1.27 bits per heavy atom. The predicted octanol–water partition coefficient (Wildman–Crippen LogP) is 1.83. The molecular formula is C23H30N6O4. The topological polar surface area (TPSA) is 115 Å². The molecule has 0 spiro atoms. The molecular weight excluding hydrogens is 424 g/mol. The van der Waals surface area contributed by atoms with Gasteiger partial charge < -0.3 is 14.5 Å². The number of fused-ring (bicyclic) bond motifs is 1. The minimum Gasteiger partial charge on any atom is -0.466 e. The second-order valence-electron chi connectivity index (χ2n) is 8.36. The number of esters is 1. The minimum atomic E-state index is -0.450. The molecule has 4 rings (SSSR count).